The lowest BCUT2D eigenvalue weighted by molar-refractivity contribution is 0.0601. The van der Waals surface area contributed by atoms with Crippen LogP contribution in [-0.4, -0.2) is 18.2 Å². The van der Waals surface area contributed by atoms with E-state index in [0.717, 1.165) is 41.1 Å². The second kappa shape index (κ2) is 8.64. The second-order valence-corrected chi connectivity index (χ2v) is 8.02. The van der Waals surface area contributed by atoms with E-state index in [9.17, 15) is 4.79 Å². The molecule has 2 aromatic rings. The van der Waals surface area contributed by atoms with E-state index in [1.807, 2.05) is 31.2 Å². The molecule has 0 amide bonds. The quantitative estimate of drug-likeness (QED) is 0.551. The zero-order valence-electron chi connectivity index (χ0n) is 15.2. The Hall–Kier alpha value is -1.92. The fourth-order valence-corrected chi connectivity index (χ4v) is 4.85. The van der Waals surface area contributed by atoms with Crippen LogP contribution in [0.3, 0.4) is 0 Å². The molecule has 0 fully saturated rings. The third-order valence-corrected chi connectivity index (χ3v) is 6.09. The molecule has 1 aliphatic carbocycles. The minimum absolute atomic E-state index is 0.288. The van der Waals surface area contributed by atoms with Gasteiger partial charge in [-0.05, 0) is 62.0 Å². The van der Waals surface area contributed by atoms with Crippen molar-refractivity contribution in [1.82, 2.24) is 0 Å². The molecule has 4 nitrogen and oxygen atoms in total. The first-order valence-corrected chi connectivity index (χ1v) is 10.2. The summed E-state index contributed by atoms with van der Waals surface area (Å²) in [6.45, 7) is 2.03. The number of hydrogen-bond donors (Lipinski definition) is 2. The standard InChI is InChI=1S/C20H24N2O2S2/c1-13-9-7-8-11-15(13)21-20(25)22-18-17(19(23)24-2)14-10-5-3-4-6-12-16(14)26-18/h7-9,11H,3-6,10,12H2,1-2H3,(H2,21,22,25). The molecule has 0 bridgehead atoms. The minimum Gasteiger partial charge on any atom is -0.465 e. The van der Waals surface area contributed by atoms with Crippen molar-refractivity contribution < 1.29 is 9.53 Å². The molecule has 1 aromatic carbocycles. The molecule has 138 valence electrons. The number of fused-ring (bicyclic) bond motifs is 1. The molecule has 1 heterocycles. The molecule has 3 rings (SSSR count). The predicted octanol–water partition coefficient (Wildman–Crippen LogP) is 5.31. The number of thiophene rings is 1. The Bertz CT molecular complexity index is 814. The zero-order valence-corrected chi connectivity index (χ0v) is 16.8. The molecule has 0 saturated heterocycles. The summed E-state index contributed by atoms with van der Waals surface area (Å²) >= 11 is 7.12. The Labute approximate surface area is 164 Å². The molecule has 0 saturated carbocycles. The van der Waals surface area contributed by atoms with Gasteiger partial charge in [0.2, 0.25) is 0 Å². The van der Waals surface area contributed by atoms with Gasteiger partial charge in [0.05, 0.1) is 12.7 Å². The Morgan fingerprint density at radius 1 is 1.12 bits per heavy atom. The van der Waals surface area contributed by atoms with Crippen LogP contribution < -0.4 is 10.6 Å². The van der Waals surface area contributed by atoms with E-state index in [0.29, 0.717) is 10.7 Å². The van der Waals surface area contributed by atoms with Gasteiger partial charge in [-0.15, -0.1) is 11.3 Å². The molecule has 2 N–H and O–H groups in total. The highest BCUT2D eigenvalue weighted by Gasteiger charge is 2.25. The number of aryl methyl sites for hydroxylation is 2. The average Bonchev–Trinajstić information content (AvgIpc) is 2.92. The fourth-order valence-electron chi connectivity index (χ4n) is 3.30. The fraction of sp³-hybridized carbons (Fsp3) is 0.400. The van der Waals surface area contributed by atoms with Gasteiger partial charge in [-0.1, -0.05) is 31.0 Å². The number of para-hydroxylation sites is 1. The third kappa shape index (κ3) is 4.24. The van der Waals surface area contributed by atoms with Crippen LogP contribution in [-0.2, 0) is 17.6 Å². The second-order valence-electron chi connectivity index (χ2n) is 6.51. The maximum atomic E-state index is 12.4. The van der Waals surface area contributed by atoms with Crippen LogP contribution in [0.25, 0.3) is 0 Å². The molecule has 0 atom stereocenters. The summed E-state index contributed by atoms with van der Waals surface area (Å²) in [5.41, 5.74) is 3.87. The zero-order chi connectivity index (χ0) is 18.5. The van der Waals surface area contributed by atoms with E-state index in [2.05, 4.69) is 10.6 Å². The Morgan fingerprint density at radius 3 is 2.58 bits per heavy atom. The lowest BCUT2D eigenvalue weighted by atomic mass is 9.96. The van der Waals surface area contributed by atoms with Crippen LogP contribution in [0.1, 0.15) is 52.0 Å². The number of ether oxygens (including phenoxy) is 1. The molecule has 1 aromatic heterocycles. The summed E-state index contributed by atoms with van der Waals surface area (Å²) in [7, 11) is 1.43. The first-order valence-electron chi connectivity index (χ1n) is 8.96. The van der Waals surface area contributed by atoms with Crippen molar-refractivity contribution in [3.8, 4) is 0 Å². The van der Waals surface area contributed by atoms with Crippen LogP contribution in [0.2, 0.25) is 0 Å². The van der Waals surface area contributed by atoms with Crippen molar-refractivity contribution in [2.45, 2.75) is 45.4 Å². The molecule has 0 spiro atoms. The van der Waals surface area contributed by atoms with Crippen molar-refractivity contribution in [3.63, 3.8) is 0 Å². The number of nitrogens with one attached hydrogen (secondary N) is 2. The Morgan fingerprint density at radius 2 is 1.85 bits per heavy atom. The van der Waals surface area contributed by atoms with Crippen molar-refractivity contribution in [3.05, 3.63) is 45.8 Å². The van der Waals surface area contributed by atoms with Gasteiger partial charge in [0.25, 0.3) is 0 Å². The first kappa shape index (κ1) is 18.9. The number of methoxy groups -OCH3 is 1. The third-order valence-electron chi connectivity index (χ3n) is 4.68. The molecular formula is C20H24N2O2S2. The van der Waals surface area contributed by atoms with Gasteiger partial charge in [-0.25, -0.2) is 4.79 Å². The van der Waals surface area contributed by atoms with E-state index in [-0.39, 0.29) is 5.97 Å². The molecule has 6 heteroatoms. The van der Waals surface area contributed by atoms with Crippen LogP contribution in [0.4, 0.5) is 10.7 Å². The summed E-state index contributed by atoms with van der Waals surface area (Å²) in [4.78, 5) is 13.7. The van der Waals surface area contributed by atoms with E-state index < -0.39 is 0 Å². The van der Waals surface area contributed by atoms with Crippen LogP contribution in [0, 0.1) is 6.92 Å². The van der Waals surface area contributed by atoms with Crippen molar-refractivity contribution in [2.75, 3.05) is 17.7 Å². The van der Waals surface area contributed by atoms with E-state index >= 15 is 0 Å². The van der Waals surface area contributed by atoms with Crippen LogP contribution in [0.5, 0.6) is 0 Å². The minimum atomic E-state index is -0.288. The lowest BCUT2D eigenvalue weighted by Crippen LogP contribution is -2.20. The van der Waals surface area contributed by atoms with Gasteiger partial charge >= 0.3 is 5.97 Å². The van der Waals surface area contributed by atoms with Crippen LogP contribution >= 0.6 is 23.6 Å². The number of hydrogen-bond acceptors (Lipinski definition) is 4. The highest BCUT2D eigenvalue weighted by atomic mass is 32.1. The van der Waals surface area contributed by atoms with Crippen LogP contribution in [0.15, 0.2) is 24.3 Å². The summed E-state index contributed by atoms with van der Waals surface area (Å²) in [5.74, 6) is -0.288. The molecule has 0 unspecified atom stereocenters. The number of benzene rings is 1. The first-order chi connectivity index (χ1) is 12.6. The summed E-state index contributed by atoms with van der Waals surface area (Å²) in [6.07, 6.45) is 6.69. The van der Waals surface area contributed by atoms with Gasteiger partial charge in [-0.3, -0.25) is 0 Å². The normalized spacial score (nSPS) is 13.9. The average molecular weight is 389 g/mol. The molecule has 0 radical (unpaired) electrons. The number of thiocarbonyl (C=S) groups is 1. The SMILES string of the molecule is COC(=O)c1c(NC(=S)Nc2ccccc2C)sc2c1CCCCCC2. The summed E-state index contributed by atoms with van der Waals surface area (Å²) in [5, 5.41) is 7.73. The molecular weight excluding hydrogens is 364 g/mol. The van der Waals surface area contributed by atoms with E-state index in [4.69, 9.17) is 17.0 Å². The Balaban J connectivity index is 1.86. The molecule has 0 aliphatic heterocycles. The maximum absolute atomic E-state index is 12.4. The summed E-state index contributed by atoms with van der Waals surface area (Å²) in [6, 6.07) is 7.97. The maximum Gasteiger partial charge on any atom is 0.341 e. The van der Waals surface area contributed by atoms with Gasteiger partial charge in [0.15, 0.2) is 5.11 Å². The largest absolute Gasteiger partial charge is 0.465 e. The van der Waals surface area contributed by atoms with Gasteiger partial charge in [0, 0.05) is 10.6 Å². The van der Waals surface area contributed by atoms with Gasteiger partial charge in [0.1, 0.15) is 5.00 Å². The highest BCUT2D eigenvalue weighted by molar-refractivity contribution is 7.80. The smallest absolute Gasteiger partial charge is 0.341 e. The van der Waals surface area contributed by atoms with Crippen molar-refractivity contribution in [1.29, 1.82) is 0 Å². The molecule has 1 aliphatic rings. The molecule has 26 heavy (non-hydrogen) atoms. The van der Waals surface area contributed by atoms with Gasteiger partial charge in [-0.2, -0.15) is 0 Å². The number of anilines is 2. The van der Waals surface area contributed by atoms with Gasteiger partial charge < -0.3 is 15.4 Å². The monoisotopic (exact) mass is 388 g/mol. The van der Waals surface area contributed by atoms with Crippen molar-refractivity contribution >= 4 is 45.3 Å². The summed E-state index contributed by atoms with van der Waals surface area (Å²) < 4.78 is 5.06. The number of esters is 1. The lowest BCUT2D eigenvalue weighted by Gasteiger charge is -2.13. The van der Waals surface area contributed by atoms with E-state index in [1.54, 1.807) is 11.3 Å². The number of carbonyl (C=O) groups is 1. The van der Waals surface area contributed by atoms with Crippen molar-refractivity contribution in [2.24, 2.45) is 0 Å². The van der Waals surface area contributed by atoms with E-state index in [1.165, 1.54) is 31.2 Å². The topological polar surface area (TPSA) is 50.4 Å². The highest BCUT2D eigenvalue weighted by Crippen LogP contribution is 2.37. The number of rotatable bonds is 3. The number of carbonyl (C=O) groups excluding carboxylic acids is 1. The Kier molecular flexibility index (Phi) is 6.27. The predicted molar refractivity (Wildman–Crippen MR) is 113 cm³/mol.